The molecule has 10 heteroatoms. The number of hydrogen-bond acceptors (Lipinski definition) is 6. The number of halogens is 2. The summed E-state index contributed by atoms with van der Waals surface area (Å²) in [7, 11) is 0. The summed E-state index contributed by atoms with van der Waals surface area (Å²) in [4.78, 5) is 26.4. The van der Waals surface area contributed by atoms with Crippen molar-refractivity contribution in [3.8, 4) is 0 Å². The topological polar surface area (TPSA) is 87.2 Å². The zero-order valence-corrected chi connectivity index (χ0v) is 18.4. The number of nitrogens with zero attached hydrogens (tertiary/aromatic N) is 3. The van der Waals surface area contributed by atoms with Crippen LogP contribution < -0.4 is 15.5 Å². The third-order valence-corrected chi connectivity index (χ3v) is 6.45. The summed E-state index contributed by atoms with van der Waals surface area (Å²) in [5, 5.41) is 14.9. The van der Waals surface area contributed by atoms with E-state index in [1.54, 1.807) is 0 Å². The molecule has 1 aliphatic heterocycles. The molecule has 164 valence electrons. The monoisotopic (exact) mass is 463 g/mol. The van der Waals surface area contributed by atoms with E-state index in [0.29, 0.717) is 11.1 Å². The van der Waals surface area contributed by atoms with Crippen molar-refractivity contribution in [3.63, 3.8) is 0 Å². The molecule has 1 saturated heterocycles. The molecule has 2 fully saturated rings. The highest BCUT2D eigenvalue weighted by Crippen LogP contribution is 2.25. The first kappa shape index (κ1) is 21.8. The van der Waals surface area contributed by atoms with Gasteiger partial charge in [-0.25, -0.2) is 4.39 Å². The smallest absolute Gasteiger partial charge is 0.234 e. The maximum Gasteiger partial charge on any atom is 0.234 e. The van der Waals surface area contributed by atoms with Crippen LogP contribution in [0.3, 0.4) is 0 Å². The Morgan fingerprint density at radius 1 is 1.13 bits per heavy atom. The van der Waals surface area contributed by atoms with Crippen LogP contribution in [0.5, 0.6) is 0 Å². The van der Waals surface area contributed by atoms with Crippen molar-refractivity contribution < 1.29 is 14.0 Å². The van der Waals surface area contributed by atoms with Gasteiger partial charge in [0.15, 0.2) is 5.82 Å². The van der Waals surface area contributed by atoms with Crippen molar-refractivity contribution in [2.24, 2.45) is 5.92 Å². The summed E-state index contributed by atoms with van der Waals surface area (Å²) in [5.74, 6) is 0.170. The maximum absolute atomic E-state index is 13.8. The Labute approximate surface area is 189 Å². The van der Waals surface area contributed by atoms with Crippen LogP contribution in [0.15, 0.2) is 35.4 Å². The maximum atomic E-state index is 13.8. The van der Waals surface area contributed by atoms with E-state index in [9.17, 15) is 14.0 Å². The standard InChI is InChI=1S/C21H23ClFN5O2S/c22-14-1-4-17(16(23)11-14)25-19(29)12-31-20-6-5-18(26-27-20)28-9-7-13(8-10-28)21(30)24-15-2-3-15/h1,4-6,11,13,15H,2-3,7-10,12H2,(H,24,30)(H,25,29). The molecule has 2 aromatic rings. The highest BCUT2D eigenvalue weighted by molar-refractivity contribution is 7.99. The molecule has 7 nitrogen and oxygen atoms in total. The van der Waals surface area contributed by atoms with Gasteiger partial charge in [-0.15, -0.1) is 10.2 Å². The highest BCUT2D eigenvalue weighted by atomic mass is 35.5. The zero-order chi connectivity index (χ0) is 21.8. The van der Waals surface area contributed by atoms with Gasteiger partial charge in [-0.1, -0.05) is 23.4 Å². The molecule has 0 bridgehead atoms. The van der Waals surface area contributed by atoms with E-state index in [2.05, 4.69) is 25.7 Å². The Balaban J connectivity index is 1.23. The van der Waals surface area contributed by atoms with Crippen LogP contribution >= 0.6 is 23.4 Å². The summed E-state index contributed by atoms with van der Waals surface area (Å²) in [6, 6.07) is 8.17. The molecule has 1 aromatic carbocycles. The number of thioether (sulfide) groups is 1. The van der Waals surface area contributed by atoms with Crippen LogP contribution in [0.25, 0.3) is 0 Å². The van der Waals surface area contributed by atoms with Crippen molar-refractivity contribution in [1.82, 2.24) is 15.5 Å². The van der Waals surface area contributed by atoms with Crippen LogP contribution in [0.2, 0.25) is 5.02 Å². The largest absolute Gasteiger partial charge is 0.355 e. The summed E-state index contributed by atoms with van der Waals surface area (Å²) >= 11 is 6.93. The number of piperidine rings is 1. The second-order valence-corrected chi connectivity index (χ2v) is 9.17. The number of benzene rings is 1. The van der Waals surface area contributed by atoms with E-state index in [0.717, 1.165) is 50.7 Å². The number of carbonyl (C=O) groups excluding carboxylic acids is 2. The summed E-state index contributed by atoms with van der Waals surface area (Å²) in [5.41, 5.74) is 0.0886. The molecule has 31 heavy (non-hydrogen) atoms. The van der Waals surface area contributed by atoms with Crippen LogP contribution in [0.1, 0.15) is 25.7 Å². The lowest BCUT2D eigenvalue weighted by Crippen LogP contribution is -2.41. The average molecular weight is 464 g/mol. The lowest BCUT2D eigenvalue weighted by atomic mass is 9.96. The lowest BCUT2D eigenvalue weighted by Gasteiger charge is -2.31. The first-order valence-electron chi connectivity index (χ1n) is 10.2. The molecule has 0 spiro atoms. The summed E-state index contributed by atoms with van der Waals surface area (Å²) < 4.78 is 13.8. The third kappa shape index (κ3) is 6.07. The fraction of sp³-hybridized carbons (Fsp3) is 0.429. The van der Waals surface area contributed by atoms with Gasteiger partial charge < -0.3 is 15.5 Å². The predicted molar refractivity (Wildman–Crippen MR) is 119 cm³/mol. The molecule has 0 atom stereocenters. The van der Waals surface area contributed by atoms with Gasteiger partial charge in [0.05, 0.1) is 11.4 Å². The minimum absolute atomic E-state index is 0.0728. The Kier molecular flexibility index (Phi) is 6.92. The number of hydrogen-bond donors (Lipinski definition) is 2. The minimum atomic E-state index is -0.580. The number of aromatic nitrogens is 2. The van der Waals surface area contributed by atoms with Gasteiger partial charge in [-0.05, 0) is 56.0 Å². The Bertz CT molecular complexity index is 949. The normalized spacial score (nSPS) is 16.8. The molecule has 1 aromatic heterocycles. The number of nitrogens with one attached hydrogen (secondary N) is 2. The van der Waals surface area contributed by atoms with E-state index in [1.165, 1.54) is 23.9 Å². The van der Waals surface area contributed by atoms with E-state index in [4.69, 9.17) is 11.6 Å². The summed E-state index contributed by atoms with van der Waals surface area (Å²) in [6.07, 6.45) is 3.81. The highest BCUT2D eigenvalue weighted by Gasteiger charge is 2.30. The van der Waals surface area contributed by atoms with Crippen molar-refractivity contribution in [2.45, 2.75) is 36.8 Å². The quantitative estimate of drug-likeness (QED) is 0.611. The van der Waals surface area contributed by atoms with Crippen molar-refractivity contribution in [1.29, 1.82) is 0 Å². The first-order chi connectivity index (χ1) is 15.0. The van der Waals surface area contributed by atoms with Crippen molar-refractivity contribution in [3.05, 3.63) is 41.2 Å². The number of amides is 2. The first-order valence-corrected chi connectivity index (χ1v) is 11.6. The zero-order valence-electron chi connectivity index (χ0n) is 16.8. The molecule has 0 unspecified atom stereocenters. The van der Waals surface area contributed by atoms with Crippen LogP contribution in [0.4, 0.5) is 15.9 Å². The molecule has 2 heterocycles. The SMILES string of the molecule is O=C(CSc1ccc(N2CCC(C(=O)NC3CC3)CC2)nn1)Nc1ccc(Cl)cc1F. The van der Waals surface area contributed by atoms with Gasteiger partial charge in [-0.2, -0.15) is 0 Å². The Morgan fingerprint density at radius 3 is 2.55 bits per heavy atom. The van der Waals surface area contributed by atoms with Gasteiger partial charge in [0.2, 0.25) is 11.8 Å². The fourth-order valence-electron chi connectivity index (χ4n) is 3.39. The van der Waals surface area contributed by atoms with E-state index < -0.39 is 5.82 Å². The molecule has 1 aliphatic carbocycles. The number of carbonyl (C=O) groups is 2. The molecule has 0 radical (unpaired) electrons. The predicted octanol–water partition coefficient (Wildman–Crippen LogP) is 3.49. The fourth-order valence-corrected chi connectivity index (χ4v) is 4.17. The van der Waals surface area contributed by atoms with Gasteiger partial charge in [0, 0.05) is 30.1 Å². The van der Waals surface area contributed by atoms with Crippen LogP contribution in [-0.2, 0) is 9.59 Å². The van der Waals surface area contributed by atoms with E-state index in [-0.39, 0.29) is 34.2 Å². The molecule has 4 rings (SSSR count). The van der Waals surface area contributed by atoms with Crippen LogP contribution in [-0.4, -0.2) is 46.9 Å². The Morgan fingerprint density at radius 2 is 1.90 bits per heavy atom. The number of anilines is 2. The van der Waals surface area contributed by atoms with Crippen molar-refractivity contribution in [2.75, 3.05) is 29.1 Å². The summed E-state index contributed by atoms with van der Waals surface area (Å²) in [6.45, 7) is 1.53. The molecule has 2 aliphatic rings. The lowest BCUT2D eigenvalue weighted by molar-refractivity contribution is -0.125. The molecule has 1 saturated carbocycles. The van der Waals surface area contributed by atoms with Gasteiger partial charge in [0.25, 0.3) is 0 Å². The average Bonchev–Trinajstić information content (AvgIpc) is 3.59. The third-order valence-electron chi connectivity index (χ3n) is 5.30. The minimum Gasteiger partial charge on any atom is -0.355 e. The molecule has 2 N–H and O–H groups in total. The number of rotatable bonds is 7. The van der Waals surface area contributed by atoms with E-state index >= 15 is 0 Å². The second-order valence-electron chi connectivity index (χ2n) is 7.73. The van der Waals surface area contributed by atoms with Gasteiger partial charge in [0.1, 0.15) is 10.8 Å². The Hall–Kier alpha value is -2.39. The molecular formula is C21H23ClFN5O2S. The van der Waals surface area contributed by atoms with Gasteiger partial charge in [-0.3, -0.25) is 9.59 Å². The molecular weight excluding hydrogens is 441 g/mol. The van der Waals surface area contributed by atoms with Gasteiger partial charge >= 0.3 is 0 Å². The van der Waals surface area contributed by atoms with E-state index in [1.807, 2.05) is 12.1 Å². The van der Waals surface area contributed by atoms with Crippen molar-refractivity contribution >= 4 is 46.7 Å². The molecule has 2 amide bonds. The second kappa shape index (κ2) is 9.82. The van der Waals surface area contributed by atoms with Crippen LogP contribution in [0, 0.1) is 11.7 Å².